The predicted molar refractivity (Wildman–Crippen MR) is 101 cm³/mol. The van der Waals surface area contributed by atoms with Gasteiger partial charge in [0.15, 0.2) is 0 Å². The maximum absolute atomic E-state index is 12.5. The van der Waals surface area contributed by atoms with Gasteiger partial charge in [-0.1, -0.05) is 30.3 Å². The Bertz CT molecular complexity index is 897. The van der Waals surface area contributed by atoms with Crippen molar-refractivity contribution in [3.05, 3.63) is 65.2 Å². The van der Waals surface area contributed by atoms with Gasteiger partial charge in [0.05, 0.1) is 18.0 Å². The summed E-state index contributed by atoms with van der Waals surface area (Å²) in [6, 6.07) is 14.8. The molecule has 7 heteroatoms. The van der Waals surface area contributed by atoms with E-state index in [4.69, 9.17) is 4.74 Å². The zero-order valence-corrected chi connectivity index (χ0v) is 15.6. The Morgan fingerprint density at radius 3 is 2.62 bits per heavy atom. The quantitative estimate of drug-likeness (QED) is 0.840. The van der Waals surface area contributed by atoms with Gasteiger partial charge in [-0.05, 0) is 35.7 Å². The molecule has 26 heavy (non-hydrogen) atoms. The Balaban J connectivity index is 1.70. The lowest BCUT2D eigenvalue weighted by molar-refractivity contribution is 0.0828. The first kappa shape index (κ1) is 18.4. The molecule has 0 aromatic heterocycles. The fourth-order valence-electron chi connectivity index (χ4n) is 3.15. The number of fused-ring (bicyclic) bond motifs is 1. The Morgan fingerprint density at radius 2 is 1.96 bits per heavy atom. The molecular formula is C19H22N2O4S. The summed E-state index contributed by atoms with van der Waals surface area (Å²) in [5.74, 6) is -0.205. The molecule has 6 nitrogen and oxygen atoms in total. The zero-order chi connectivity index (χ0) is 18.7. The van der Waals surface area contributed by atoms with Crippen molar-refractivity contribution in [2.24, 2.45) is 0 Å². The van der Waals surface area contributed by atoms with Crippen molar-refractivity contribution in [1.29, 1.82) is 0 Å². The third-order valence-corrected chi connectivity index (χ3v) is 5.68. The summed E-state index contributed by atoms with van der Waals surface area (Å²) in [6.07, 6.45) is 1.57. The second kappa shape index (κ2) is 7.47. The molecule has 138 valence electrons. The molecule has 0 radical (unpaired) electrons. The van der Waals surface area contributed by atoms with E-state index in [2.05, 4.69) is 5.32 Å². The number of nitrogens with zero attached hydrogens (tertiary/aromatic N) is 1. The molecule has 1 N–H and O–H groups in total. The number of nitrogens with one attached hydrogen (secondary N) is 1. The number of amides is 1. The van der Waals surface area contributed by atoms with Gasteiger partial charge in [-0.25, -0.2) is 8.42 Å². The monoisotopic (exact) mass is 374 g/mol. The van der Waals surface area contributed by atoms with Crippen LogP contribution in [0, 0.1) is 0 Å². The van der Waals surface area contributed by atoms with Gasteiger partial charge in [-0.3, -0.25) is 9.10 Å². The first-order valence-electron chi connectivity index (χ1n) is 8.36. The minimum Gasteiger partial charge on any atom is -0.375 e. The summed E-state index contributed by atoms with van der Waals surface area (Å²) in [4.78, 5) is 12.5. The topological polar surface area (TPSA) is 75.7 Å². The first-order chi connectivity index (χ1) is 12.4. The van der Waals surface area contributed by atoms with Gasteiger partial charge in [-0.2, -0.15) is 0 Å². The van der Waals surface area contributed by atoms with E-state index in [1.807, 2.05) is 30.3 Å². The van der Waals surface area contributed by atoms with Crippen LogP contribution in [0.4, 0.5) is 5.69 Å². The van der Waals surface area contributed by atoms with Crippen molar-refractivity contribution < 1.29 is 17.9 Å². The zero-order valence-electron chi connectivity index (χ0n) is 14.8. The first-order valence-corrected chi connectivity index (χ1v) is 10.2. The number of hydrogen-bond acceptors (Lipinski definition) is 4. The Labute approximate surface area is 153 Å². The van der Waals surface area contributed by atoms with Crippen LogP contribution in [0.1, 0.15) is 27.6 Å². The van der Waals surface area contributed by atoms with Crippen molar-refractivity contribution in [3.8, 4) is 0 Å². The van der Waals surface area contributed by atoms with Gasteiger partial charge in [0.2, 0.25) is 10.0 Å². The highest BCUT2D eigenvalue weighted by molar-refractivity contribution is 7.92. The van der Waals surface area contributed by atoms with Crippen LogP contribution in [-0.2, 0) is 21.2 Å². The fourth-order valence-corrected chi connectivity index (χ4v) is 4.11. The average molecular weight is 374 g/mol. The van der Waals surface area contributed by atoms with E-state index in [9.17, 15) is 13.2 Å². The lowest BCUT2D eigenvalue weighted by atomic mass is 10.1. The van der Waals surface area contributed by atoms with Crippen molar-refractivity contribution in [1.82, 2.24) is 5.32 Å². The molecule has 1 unspecified atom stereocenters. The van der Waals surface area contributed by atoms with Crippen molar-refractivity contribution in [2.75, 3.05) is 30.8 Å². The molecule has 0 saturated heterocycles. The van der Waals surface area contributed by atoms with Crippen LogP contribution in [0.5, 0.6) is 0 Å². The maximum Gasteiger partial charge on any atom is 0.251 e. The second-order valence-electron chi connectivity index (χ2n) is 6.27. The Morgan fingerprint density at radius 1 is 1.23 bits per heavy atom. The molecular weight excluding hydrogens is 352 g/mol. The van der Waals surface area contributed by atoms with Crippen LogP contribution < -0.4 is 9.62 Å². The lowest BCUT2D eigenvalue weighted by Gasteiger charge is -2.17. The molecule has 2 aromatic carbocycles. The highest BCUT2D eigenvalue weighted by Gasteiger charge is 2.26. The van der Waals surface area contributed by atoms with Crippen LogP contribution in [0.2, 0.25) is 0 Å². The molecule has 0 spiro atoms. The average Bonchev–Trinajstić information content (AvgIpc) is 3.06. The summed E-state index contributed by atoms with van der Waals surface area (Å²) in [5.41, 5.74) is 3.03. The van der Waals surface area contributed by atoms with Crippen LogP contribution in [0.15, 0.2) is 48.5 Å². The molecule has 3 rings (SSSR count). The standard InChI is InChI=1S/C19H22N2O4S/c1-25-18(14-6-4-3-5-7-14)13-20-19(22)16-8-9-17-15(12-16)10-11-21(17)26(2,23)24/h3-9,12,18H,10-11,13H2,1-2H3,(H,20,22). The van der Waals surface area contributed by atoms with Crippen molar-refractivity contribution in [2.45, 2.75) is 12.5 Å². The van der Waals surface area contributed by atoms with E-state index in [1.165, 1.54) is 10.6 Å². The van der Waals surface area contributed by atoms with Crippen LogP contribution in [-0.4, -0.2) is 40.8 Å². The number of carbonyl (C=O) groups is 1. The maximum atomic E-state index is 12.5. The van der Waals surface area contributed by atoms with E-state index in [0.29, 0.717) is 30.8 Å². The second-order valence-corrected chi connectivity index (χ2v) is 8.18. The third kappa shape index (κ3) is 3.89. The number of methoxy groups -OCH3 is 1. The number of benzene rings is 2. The number of hydrogen-bond donors (Lipinski definition) is 1. The van der Waals surface area contributed by atoms with E-state index in [-0.39, 0.29) is 12.0 Å². The minimum absolute atomic E-state index is 0.205. The minimum atomic E-state index is -3.29. The van der Waals surface area contributed by atoms with Crippen molar-refractivity contribution >= 4 is 21.6 Å². The molecule has 1 amide bonds. The summed E-state index contributed by atoms with van der Waals surface area (Å²) in [6.45, 7) is 0.769. The number of ether oxygens (including phenoxy) is 1. The highest BCUT2D eigenvalue weighted by Crippen LogP contribution is 2.30. The molecule has 1 atom stereocenters. The summed E-state index contributed by atoms with van der Waals surface area (Å²) in [7, 11) is -1.68. The van der Waals surface area contributed by atoms with Crippen LogP contribution in [0.3, 0.4) is 0 Å². The largest absolute Gasteiger partial charge is 0.375 e. The molecule has 1 aliphatic rings. The third-order valence-electron chi connectivity index (χ3n) is 4.50. The van der Waals surface area contributed by atoms with Crippen molar-refractivity contribution in [3.63, 3.8) is 0 Å². The summed E-state index contributed by atoms with van der Waals surface area (Å²) < 4.78 is 30.4. The number of rotatable bonds is 6. The number of carbonyl (C=O) groups excluding carboxylic acids is 1. The van der Waals surface area contributed by atoms with Gasteiger partial charge >= 0.3 is 0 Å². The normalized spacial score (nSPS) is 14.8. The Hall–Kier alpha value is -2.38. The van der Waals surface area contributed by atoms with Gasteiger partial charge in [0.1, 0.15) is 0 Å². The van der Waals surface area contributed by atoms with E-state index in [0.717, 1.165) is 11.1 Å². The van der Waals surface area contributed by atoms with Crippen LogP contribution in [0.25, 0.3) is 0 Å². The predicted octanol–water partition coefficient (Wildman–Crippen LogP) is 2.13. The van der Waals surface area contributed by atoms with Gasteiger partial charge in [0.25, 0.3) is 5.91 Å². The van der Waals surface area contributed by atoms with E-state index in [1.54, 1.807) is 25.3 Å². The SMILES string of the molecule is COC(CNC(=O)c1ccc2c(c1)CCN2S(C)(=O)=O)c1ccccc1. The summed E-state index contributed by atoms with van der Waals surface area (Å²) in [5, 5.41) is 2.89. The molecule has 2 aromatic rings. The molecule has 0 aliphatic carbocycles. The Kier molecular flexibility index (Phi) is 5.29. The van der Waals surface area contributed by atoms with Gasteiger partial charge in [-0.15, -0.1) is 0 Å². The number of sulfonamides is 1. The lowest BCUT2D eigenvalue weighted by Crippen LogP contribution is -2.29. The van der Waals surface area contributed by atoms with Gasteiger partial charge < -0.3 is 10.1 Å². The molecule has 0 bridgehead atoms. The molecule has 0 fully saturated rings. The fraction of sp³-hybridized carbons (Fsp3) is 0.316. The molecule has 0 saturated carbocycles. The molecule has 1 aliphatic heterocycles. The highest BCUT2D eigenvalue weighted by atomic mass is 32.2. The molecule has 1 heterocycles. The van der Waals surface area contributed by atoms with Gasteiger partial charge in [0, 0.05) is 25.8 Å². The summed E-state index contributed by atoms with van der Waals surface area (Å²) >= 11 is 0. The number of anilines is 1. The smallest absolute Gasteiger partial charge is 0.251 e. The van der Waals surface area contributed by atoms with E-state index < -0.39 is 10.0 Å². The van der Waals surface area contributed by atoms with Crippen LogP contribution >= 0.6 is 0 Å². The van der Waals surface area contributed by atoms with E-state index >= 15 is 0 Å².